The average Bonchev–Trinajstić information content (AvgIpc) is 2.98. The van der Waals surface area contributed by atoms with Crippen molar-refractivity contribution >= 4 is 28.3 Å². The van der Waals surface area contributed by atoms with Gasteiger partial charge in [0, 0.05) is 93.8 Å². The number of benzene rings is 1. The van der Waals surface area contributed by atoms with Gasteiger partial charge in [0.05, 0.1) is 17.6 Å². The van der Waals surface area contributed by atoms with Gasteiger partial charge < -0.3 is 20.0 Å². The van der Waals surface area contributed by atoms with Crippen molar-refractivity contribution in [1.82, 2.24) is 25.1 Å². The number of carbonyl (C=O) groups is 1. The number of piperazine rings is 2. The summed E-state index contributed by atoms with van der Waals surface area (Å²) in [6.45, 7) is 11.8. The number of carbonyl (C=O) groups excluding carboxylic acids is 1. The number of anilines is 2. The minimum Gasteiger partial charge on any atom is -0.368 e. The van der Waals surface area contributed by atoms with Gasteiger partial charge in [-0.1, -0.05) is 6.07 Å². The molecule has 0 saturated carbocycles. The minimum absolute atomic E-state index is 0.187. The molecule has 1 amide bonds. The summed E-state index contributed by atoms with van der Waals surface area (Å²) in [5.74, 6) is 1.24. The molecule has 9 nitrogen and oxygen atoms in total. The van der Waals surface area contributed by atoms with Crippen molar-refractivity contribution in [1.29, 1.82) is 5.26 Å². The predicted octanol–water partition coefficient (Wildman–Crippen LogP) is 2.39. The molecule has 9 heteroatoms. The molecule has 0 bridgehead atoms. The molecule has 1 aromatic carbocycles. The normalized spacial score (nSPS) is 22.0. The van der Waals surface area contributed by atoms with E-state index in [4.69, 9.17) is 4.98 Å². The van der Waals surface area contributed by atoms with Crippen LogP contribution >= 0.6 is 0 Å². The molecule has 3 aromatic rings. The van der Waals surface area contributed by atoms with Crippen LogP contribution in [0.15, 0.2) is 42.6 Å². The van der Waals surface area contributed by atoms with E-state index >= 15 is 0 Å². The first-order valence-corrected chi connectivity index (χ1v) is 14.0. The molecule has 0 spiro atoms. The number of nitrogens with zero attached hydrogens (tertiary/aromatic N) is 7. The summed E-state index contributed by atoms with van der Waals surface area (Å²) in [4.78, 5) is 32.0. The first kappa shape index (κ1) is 25.5. The number of pyridine rings is 2. The molecule has 202 valence electrons. The van der Waals surface area contributed by atoms with Crippen molar-refractivity contribution in [2.45, 2.75) is 38.9 Å². The molecule has 2 atom stereocenters. The Balaban J connectivity index is 1.11. The highest BCUT2D eigenvalue weighted by Crippen LogP contribution is 2.31. The lowest BCUT2D eigenvalue weighted by Gasteiger charge is -2.46. The van der Waals surface area contributed by atoms with Gasteiger partial charge in [0.2, 0.25) is 5.91 Å². The third kappa shape index (κ3) is 5.02. The number of rotatable bonds is 4. The number of amides is 1. The molecule has 39 heavy (non-hydrogen) atoms. The molecule has 2 fully saturated rings. The Morgan fingerprint density at radius 3 is 2.62 bits per heavy atom. The topological polar surface area (TPSA) is 91.6 Å². The minimum atomic E-state index is 0.187. The lowest BCUT2D eigenvalue weighted by molar-refractivity contribution is -0.134. The van der Waals surface area contributed by atoms with E-state index in [9.17, 15) is 10.1 Å². The van der Waals surface area contributed by atoms with E-state index in [0.717, 1.165) is 80.3 Å². The summed E-state index contributed by atoms with van der Waals surface area (Å²) < 4.78 is 0. The van der Waals surface area contributed by atoms with Crippen LogP contribution < -0.4 is 15.1 Å². The summed E-state index contributed by atoms with van der Waals surface area (Å²) in [6.07, 6.45) is 2.54. The second kappa shape index (κ2) is 10.8. The van der Waals surface area contributed by atoms with Crippen LogP contribution in [-0.4, -0.2) is 90.1 Å². The Labute approximate surface area is 230 Å². The van der Waals surface area contributed by atoms with Crippen LogP contribution in [-0.2, 0) is 17.8 Å². The molecule has 1 N–H and O–H groups in total. The van der Waals surface area contributed by atoms with Gasteiger partial charge in [0.15, 0.2) is 0 Å². The standard InChI is InChI=1S/C30H36N8O/c1-21-17-37(27-7-5-23(16-31)30-25(27)4-3-10-33-30)18-22(2)38(21)20-29(39)36-13-9-26-24(19-36)6-8-28(34-26)35-14-11-32-12-15-35/h3-8,10,21-22,32H,9,11-15,17-20H2,1-2H3. The number of aromatic nitrogens is 2. The van der Waals surface area contributed by atoms with Gasteiger partial charge in [-0.25, -0.2) is 4.98 Å². The zero-order valence-electron chi connectivity index (χ0n) is 22.8. The van der Waals surface area contributed by atoms with Gasteiger partial charge >= 0.3 is 0 Å². The van der Waals surface area contributed by atoms with Crippen molar-refractivity contribution in [2.24, 2.45) is 0 Å². The monoisotopic (exact) mass is 524 g/mol. The van der Waals surface area contributed by atoms with Crippen molar-refractivity contribution < 1.29 is 4.79 Å². The fourth-order valence-corrected chi connectivity index (χ4v) is 6.33. The fourth-order valence-electron chi connectivity index (χ4n) is 6.33. The number of hydrogen-bond donors (Lipinski definition) is 1. The first-order valence-electron chi connectivity index (χ1n) is 14.0. The lowest BCUT2D eigenvalue weighted by atomic mass is 10.0. The van der Waals surface area contributed by atoms with E-state index in [0.29, 0.717) is 18.7 Å². The van der Waals surface area contributed by atoms with E-state index in [1.54, 1.807) is 6.20 Å². The van der Waals surface area contributed by atoms with Crippen LogP contribution in [0.3, 0.4) is 0 Å². The van der Waals surface area contributed by atoms with Gasteiger partial charge in [0.25, 0.3) is 0 Å². The molecule has 2 saturated heterocycles. The maximum Gasteiger partial charge on any atom is 0.237 e. The Hall–Kier alpha value is -3.74. The molecular weight excluding hydrogens is 488 g/mol. The molecular formula is C30H36N8O. The summed E-state index contributed by atoms with van der Waals surface area (Å²) in [6, 6.07) is 14.8. The van der Waals surface area contributed by atoms with E-state index < -0.39 is 0 Å². The van der Waals surface area contributed by atoms with E-state index in [2.05, 4.69) is 57.0 Å². The van der Waals surface area contributed by atoms with Crippen LogP contribution in [0.5, 0.6) is 0 Å². The molecule has 6 rings (SSSR count). The molecule has 2 unspecified atom stereocenters. The second-order valence-electron chi connectivity index (χ2n) is 11.0. The van der Waals surface area contributed by atoms with Crippen LogP contribution in [0.4, 0.5) is 11.5 Å². The number of nitriles is 1. The number of fused-ring (bicyclic) bond motifs is 2. The number of hydrogen-bond acceptors (Lipinski definition) is 8. The molecule has 3 aliphatic rings. The molecule has 5 heterocycles. The van der Waals surface area contributed by atoms with Crippen LogP contribution in [0, 0.1) is 11.3 Å². The molecule has 0 aliphatic carbocycles. The van der Waals surface area contributed by atoms with E-state index in [1.807, 2.05) is 29.2 Å². The summed E-state index contributed by atoms with van der Waals surface area (Å²) in [7, 11) is 0. The highest BCUT2D eigenvalue weighted by molar-refractivity contribution is 5.95. The summed E-state index contributed by atoms with van der Waals surface area (Å²) in [5, 5.41) is 13.9. The lowest BCUT2D eigenvalue weighted by Crippen LogP contribution is -2.59. The Bertz CT molecular complexity index is 1400. The van der Waals surface area contributed by atoms with Crippen molar-refractivity contribution in [2.75, 3.05) is 62.2 Å². The smallest absolute Gasteiger partial charge is 0.237 e. The highest BCUT2D eigenvalue weighted by Gasteiger charge is 2.33. The summed E-state index contributed by atoms with van der Waals surface area (Å²) >= 11 is 0. The Morgan fingerprint density at radius 2 is 1.85 bits per heavy atom. The maximum absolute atomic E-state index is 13.5. The zero-order valence-corrected chi connectivity index (χ0v) is 22.8. The number of nitrogens with one attached hydrogen (secondary N) is 1. The quantitative estimate of drug-likeness (QED) is 0.557. The summed E-state index contributed by atoms with van der Waals surface area (Å²) in [5.41, 5.74) is 4.74. The first-order chi connectivity index (χ1) is 19.0. The van der Waals surface area contributed by atoms with E-state index in [1.165, 1.54) is 5.56 Å². The van der Waals surface area contributed by atoms with Crippen LogP contribution in [0.25, 0.3) is 10.9 Å². The van der Waals surface area contributed by atoms with Gasteiger partial charge in [-0.05, 0) is 49.7 Å². The Kier molecular flexibility index (Phi) is 7.07. The van der Waals surface area contributed by atoms with Crippen molar-refractivity contribution in [3.8, 4) is 6.07 Å². The molecule has 2 aromatic heterocycles. The predicted molar refractivity (Wildman–Crippen MR) is 153 cm³/mol. The van der Waals surface area contributed by atoms with Gasteiger partial charge in [-0.3, -0.25) is 14.7 Å². The largest absolute Gasteiger partial charge is 0.368 e. The fraction of sp³-hybridized carbons (Fsp3) is 0.467. The van der Waals surface area contributed by atoms with E-state index in [-0.39, 0.29) is 18.0 Å². The van der Waals surface area contributed by atoms with Crippen LogP contribution in [0.2, 0.25) is 0 Å². The van der Waals surface area contributed by atoms with Gasteiger partial charge in [-0.15, -0.1) is 0 Å². The maximum atomic E-state index is 13.5. The van der Waals surface area contributed by atoms with Gasteiger partial charge in [0.1, 0.15) is 11.9 Å². The van der Waals surface area contributed by atoms with Gasteiger partial charge in [-0.2, -0.15) is 5.26 Å². The SMILES string of the molecule is CC1CN(c2ccc(C#N)c3ncccc23)CC(C)N1CC(=O)N1CCc2nc(N3CCNCC3)ccc2C1. The second-order valence-corrected chi connectivity index (χ2v) is 11.0. The van der Waals surface area contributed by atoms with Crippen molar-refractivity contribution in [3.63, 3.8) is 0 Å². The third-order valence-corrected chi connectivity index (χ3v) is 8.45. The average molecular weight is 525 g/mol. The Morgan fingerprint density at radius 1 is 1.05 bits per heavy atom. The van der Waals surface area contributed by atoms with Crippen molar-refractivity contribution in [3.05, 3.63) is 59.4 Å². The van der Waals surface area contributed by atoms with Crippen LogP contribution in [0.1, 0.15) is 30.7 Å². The third-order valence-electron chi connectivity index (χ3n) is 8.45. The molecule has 3 aliphatic heterocycles. The highest BCUT2D eigenvalue weighted by atomic mass is 16.2. The molecule has 0 radical (unpaired) electrons. The zero-order chi connectivity index (χ0) is 26.9.